The highest BCUT2D eigenvalue weighted by Crippen LogP contribution is 2.33. The van der Waals surface area contributed by atoms with Gasteiger partial charge in [0.15, 0.2) is 11.5 Å². The Labute approximate surface area is 167 Å². The lowest BCUT2D eigenvalue weighted by molar-refractivity contribution is 0.171. The fraction of sp³-hybridized carbons (Fsp3) is 0.150. The maximum Gasteiger partial charge on any atom is 0.268 e. The quantitative estimate of drug-likeness (QED) is 0.478. The van der Waals surface area contributed by atoms with Crippen LogP contribution in [0.15, 0.2) is 71.3 Å². The number of thioether (sulfide) groups is 1. The maximum absolute atomic E-state index is 13.2. The molecule has 0 bridgehead atoms. The van der Waals surface area contributed by atoms with Crippen LogP contribution < -0.4 is 9.47 Å². The Bertz CT molecular complexity index is 1200. The highest BCUT2D eigenvalue weighted by atomic mass is 32.2. The van der Waals surface area contributed by atoms with E-state index in [9.17, 15) is 8.42 Å². The minimum atomic E-state index is -3.78. The lowest BCUT2D eigenvalue weighted by atomic mass is 10.2. The minimum absolute atomic E-state index is 0.149. The van der Waals surface area contributed by atoms with Crippen LogP contribution in [0.2, 0.25) is 0 Å². The molecule has 8 heteroatoms. The first-order valence-corrected chi connectivity index (χ1v) is 11.2. The lowest BCUT2D eigenvalue weighted by Crippen LogP contribution is -2.17. The molecule has 3 aromatic rings. The van der Waals surface area contributed by atoms with Crippen LogP contribution in [0.1, 0.15) is 5.56 Å². The number of rotatable bonds is 4. The van der Waals surface area contributed by atoms with Crippen LogP contribution in [-0.4, -0.2) is 36.9 Å². The lowest BCUT2D eigenvalue weighted by Gasteiger charge is -2.19. The molecular formula is C20H18N2O4S2. The Morgan fingerprint density at radius 3 is 2.68 bits per heavy atom. The molecule has 1 aliphatic rings. The molecule has 2 heterocycles. The fourth-order valence-electron chi connectivity index (χ4n) is 3.09. The van der Waals surface area contributed by atoms with Gasteiger partial charge in [0.2, 0.25) is 0 Å². The molecule has 0 fully saturated rings. The standard InChI is InChI=1S/C20H18N2O4S2/c1-3-21-20(27-2)15-4-6-17-14(12-15)8-9-22(17)28(23,24)16-5-7-18-19(13-16)26-11-10-25-18/h3-9,12-13H,1,10-11H2,2H3. The van der Waals surface area contributed by atoms with Crippen LogP contribution in [0.25, 0.3) is 10.9 Å². The number of aromatic nitrogens is 1. The maximum atomic E-state index is 13.2. The van der Waals surface area contributed by atoms with E-state index in [1.165, 1.54) is 34.1 Å². The van der Waals surface area contributed by atoms with E-state index < -0.39 is 10.0 Å². The van der Waals surface area contributed by atoms with Gasteiger partial charge in [-0.3, -0.25) is 0 Å². The summed E-state index contributed by atoms with van der Waals surface area (Å²) in [5.74, 6) is 0.995. The van der Waals surface area contributed by atoms with Crippen LogP contribution in [0.3, 0.4) is 0 Å². The molecule has 144 valence electrons. The molecule has 1 aliphatic heterocycles. The predicted octanol–water partition coefficient (Wildman–Crippen LogP) is 3.90. The molecular weight excluding hydrogens is 396 g/mol. The van der Waals surface area contributed by atoms with Crippen molar-refractivity contribution in [3.8, 4) is 11.5 Å². The summed E-state index contributed by atoms with van der Waals surface area (Å²) in [6.45, 7) is 4.49. The molecule has 1 aromatic heterocycles. The molecule has 2 aromatic carbocycles. The van der Waals surface area contributed by atoms with Crippen LogP contribution in [-0.2, 0) is 10.0 Å². The first-order valence-electron chi connectivity index (χ1n) is 8.54. The van der Waals surface area contributed by atoms with Crippen molar-refractivity contribution in [3.05, 3.63) is 67.0 Å². The summed E-state index contributed by atoms with van der Waals surface area (Å²) in [7, 11) is -3.78. The molecule has 0 amide bonds. The van der Waals surface area contributed by atoms with Crippen molar-refractivity contribution in [2.75, 3.05) is 19.5 Å². The second-order valence-electron chi connectivity index (χ2n) is 6.02. The van der Waals surface area contributed by atoms with E-state index in [4.69, 9.17) is 9.47 Å². The van der Waals surface area contributed by atoms with Gasteiger partial charge in [-0.15, -0.1) is 11.8 Å². The van der Waals surface area contributed by atoms with Crippen molar-refractivity contribution >= 4 is 37.7 Å². The van der Waals surface area contributed by atoms with Crippen LogP contribution in [0.5, 0.6) is 11.5 Å². The summed E-state index contributed by atoms with van der Waals surface area (Å²) in [5, 5.41) is 1.63. The van der Waals surface area contributed by atoms with E-state index in [-0.39, 0.29) is 4.90 Å². The van der Waals surface area contributed by atoms with Crippen LogP contribution >= 0.6 is 11.8 Å². The molecule has 0 spiro atoms. The van der Waals surface area contributed by atoms with Crippen molar-refractivity contribution in [3.63, 3.8) is 0 Å². The van der Waals surface area contributed by atoms with E-state index in [0.29, 0.717) is 30.2 Å². The fourth-order valence-corrected chi connectivity index (χ4v) is 5.00. The van der Waals surface area contributed by atoms with Crippen LogP contribution in [0, 0.1) is 0 Å². The molecule has 0 saturated carbocycles. The molecule has 0 N–H and O–H groups in total. The number of ether oxygens (including phenoxy) is 2. The van der Waals surface area contributed by atoms with Gasteiger partial charge in [0.25, 0.3) is 10.0 Å². The Morgan fingerprint density at radius 2 is 1.93 bits per heavy atom. The Morgan fingerprint density at radius 1 is 1.14 bits per heavy atom. The third-order valence-corrected chi connectivity index (χ3v) is 6.79. The molecule has 0 unspecified atom stereocenters. The van der Waals surface area contributed by atoms with Crippen molar-refractivity contribution in [1.82, 2.24) is 3.97 Å². The van der Waals surface area contributed by atoms with Gasteiger partial charge >= 0.3 is 0 Å². The van der Waals surface area contributed by atoms with E-state index in [2.05, 4.69) is 11.6 Å². The largest absolute Gasteiger partial charge is 0.486 e. The summed E-state index contributed by atoms with van der Waals surface area (Å²) in [6, 6.07) is 12.0. The predicted molar refractivity (Wildman–Crippen MR) is 112 cm³/mol. The summed E-state index contributed by atoms with van der Waals surface area (Å²) in [6.07, 6.45) is 4.99. The molecule has 0 radical (unpaired) electrons. The summed E-state index contributed by atoms with van der Waals surface area (Å²) < 4.78 is 38.7. The SMILES string of the molecule is C=CN=C(SC)c1ccc2c(ccn2S(=O)(=O)c2ccc3c(c2)OCCO3)c1. The van der Waals surface area contributed by atoms with Gasteiger partial charge in [0.1, 0.15) is 18.3 Å². The zero-order valence-electron chi connectivity index (χ0n) is 15.2. The number of benzene rings is 2. The second-order valence-corrected chi connectivity index (χ2v) is 8.63. The third-order valence-electron chi connectivity index (χ3n) is 4.37. The number of aliphatic imine (C=N–C) groups is 1. The highest BCUT2D eigenvalue weighted by molar-refractivity contribution is 8.13. The molecule has 0 aliphatic carbocycles. The monoisotopic (exact) mass is 414 g/mol. The summed E-state index contributed by atoms with van der Waals surface area (Å²) in [4.78, 5) is 4.41. The first-order chi connectivity index (χ1) is 13.5. The topological polar surface area (TPSA) is 69.9 Å². The van der Waals surface area contributed by atoms with E-state index in [0.717, 1.165) is 16.0 Å². The first kappa shape index (κ1) is 18.6. The van der Waals surface area contributed by atoms with E-state index >= 15 is 0 Å². The van der Waals surface area contributed by atoms with Gasteiger partial charge in [-0.25, -0.2) is 17.4 Å². The van der Waals surface area contributed by atoms with Crippen molar-refractivity contribution < 1.29 is 17.9 Å². The average molecular weight is 415 g/mol. The smallest absolute Gasteiger partial charge is 0.268 e. The molecule has 0 saturated heterocycles. The normalized spacial score (nSPS) is 14.2. The molecule has 28 heavy (non-hydrogen) atoms. The van der Waals surface area contributed by atoms with Crippen molar-refractivity contribution in [2.24, 2.45) is 4.99 Å². The second kappa shape index (κ2) is 7.37. The van der Waals surface area contributed by atoms with E-state index in [1.54, 1.807) is 24.4 Å². The molecule has 0 atom stereocenters. The van der Waals surface area contributed by atoms with Gasteiger partial charge in [-0.05, 0) is 36.6 Å². The van der Waals surface area contributed by atoms with Gasteiger partial charge < -0.3 is 9.47 Å². The van der Waals surface area contributed by atoms with Gasteiger partial charge in [0.05, 0.1) is 10.4 Å². The van der Waals surface area contributed by atoms with E-state index in [1.807, 2.05) is 18.4 Å². The molecule has 4 rings (SSSR count). The van der Waals surface area contributed by atoms with Crippen molar-refractivity contribution in [1.29, 1.82) is 0 Å². The Balaban J connectivity index is 1.78. The molecule has 6 nitrogen and oxygen atoms in total. The average Bonchev–Trinajstić information content (AvgIpc) is 3.15. The zero-order chi connectivity index (χ0) is 19.7. The van der Waals surface area contributed by atoms with Gasteiger partial charge in [0, 0.05) is 29.4 Å². The zero-order valence-corrected chi connectivity index (χ0v) is 16.8. The number of fused-ring (bicyclic) bond motifs is 2. The highest BCUT2D eigenvalue weighted by Gasteiger charge is 2.22. The number of nitrogens with zero attached hydrogens (tertiary/aromatic N) is 2. The van der Waals surface area contributed by atoms with Crippen molar-refractivity contribution in [2.45, 2.75) is 4.90 Å². The summed E-state index contributed by atoms with van der Waals surface area (Å²) in [5.41, 5.74) is 1.51. The van der Waals surface area contributed by atoms with Gasteiger partial charge in [-0.1, -0.05) is 12.6 Å². The van der Waals surface area contributed by atoms with Crippen LogP contribution in [0.4, 0.5) is 0 Å². The Hall–Kier alpha value is -2.71. The number of hydrogen-bond acceptors (Lipinski definition) is 6. The number of hydrogen-bond donors (Lipinski definition) is 0. The minimum Gasteiger partial charge on any atom is -0.486 e. The Kier molecular flexibility index (Phi) is 4.91. The van der Waals surface area contributed by atoms with Gasteiger partial charge in [-0.2, -0.15) is 0 Å². The summed E-state index contributed by atoms with van der Waals surface area (Å²) >= 11 is 1.51. The third kappa shape index (κ3) is 3.18.